The fourth-order valence-corrected chi connectivity index (χ4v) is 2.13. The van der Waals surface area contributed by atoms with Crippen LogP contribution in [0.15, 0.2) is 24.3 Å². The van der Waals surface area contributed by atoms with Gasteiger partial charge in [-0.25, -0.2) is 4.39 Å². The molecule has 0 spiro atoms. The van der Waals surface area contributed by atoms with E-state index in [0.717, 1.165) is 32.4 Å². The van der Waals surface area contributed by atoms with Crippen molar-refractivity contribution in [3.8, 4) is 0 Å². The summed E-state index contributed by atoms with van der Waals surface area (Å²) >= 11 is 0. The standard InChI is InChI=1S/C16H24FNO2/c1-2-3-11-18(12-7-6-10-16(19)20)13-14-8-4-5-9-15(14)17/h4-5,8-9H,2-3,6-7,10-13H2,1H3,(H,19,20). The Balaban J connectivity index is 2.46. The number of halogens is 1. The van der Waals surface area contributed by atoms with Crippen molar-refractivity contribution in [1.29, 1.82) is 0 Å². The van der Waals surface area contributed by atoms with Gasteiger partial charge in [-0.2, -0.15) is 0 Å². The highest BCUT2D eigenvalue weighted by molar-refractivity contribution is 5.66. The van der Waals surface area contributed by atoms with E-state index in [4.69, 9.17) is 5.11 Å². The third-order valence-electron chi connectivity index (χ3n) is 3.29. The highest BCUT2D eigenvalue weighted by atomic mass is 19.1. The fourth-order valence-electron chi connectivity index (χ4n) is 2.13. The molecule has 0 aromatic heterocycles. The molecule has 0 aliphatic rings. The maximum absolute atomic E-state index is 13.7. The number of carboxylic acid groups (broad SMARTS) is 1. The predicted molar refractivity (Wildman–Crippen MR) is 78.1 cm³/mol. The maximum atomic E-state index is 13.7. The van der Waals surface area contributed by atoms with E-state index in [9.17, 15) is 9.18 Å². The van der Waals surface area contributed by atoms with Crippen molar-refractivity contribution < 1.29 is 14.3 Å². The minimum Gasteiger partial charge on any atom is -0.481 e. The minimum absolute atomic E-state index is 0.167. The quantitative estimate of drug-likeness (QED) is 0.665. The van der Waals surface area contributed by atoms with Gasteiger partial charge < -0.3 is 5.11 Å². The molecule has 0 aliphatic heterocycles. The molecule has 3 nitrogen and oxygen atoms in total. The lowest BCUT2D eigenvalue weighted by molar-refractivity contribution is -0.137. The van der Waals surface area contributed by atoms with Gasteiger partial charge in [0.1, 0.15) is 5.82 Å². The molecule has 20 heavy (non-hydrogen) atoms. The van der Waals surface area contributed by atoms with Crippen LogP contribution in [0.1, 0.15) is 44.6 Å². The van der Waals surface area contributed by atoms with Crippen LogP contribution in [0.2, 0.25) is 0 Å². The van der Waals surface area contributed by atoms with Crippen LogP contribution >= 0.6 is 0 Å². The highest BCUT2D eigenvalue weighted by Crippen LogP contribution is 2.12. The Morgan fingerprint density at radius 2 is 1.90 bits per heavy atom. The van der Waals surface area contributed by atoms with Crippen LogP contribution in [-0.2, 0) is 11.3 Å². The second-order valence-electron chi connectivity index (χ2n) is 5.07. The van der Waals surface area contributed by atoms with Crippen LogP contribution in [0.3, 0.4) is 0 Å². The number of hydrogen-bond donors (Lipinski definition) is 1. The molecule has 1 N–H and O–H groups in total. The Kier molecular flexibility index (Phi) is 7.88. The molecule has 0 heterocycles. The Morgan fingerprint density at radius 3 is 2.55 bits per heavy atom. The molecule has 0 unspecified atom stereocenters. The summed E-state index contributed by atoms with van der Waals surface area (Å²) in [5, 5.41) is 8.63. The first-order chi connectivity index (χ1) is 9.63. The van der Waals surface area contributed by atoms with E-state index < -0.39 is 5.97 Å². The smallest absolute Gasteiger partial charge is 0.303 e. The SMILES string of the molecule is CCCCN(CCCCC(=O)O)Cc1ccccc1F. The summed E-state index contributed by atoms with van der Waals surface area (Å²) in [6.45, 7) is 4.48. The number of carboxylic acids is 1. The molecule has 0 fully saturated rings. The molecule has 112 valence electrons. The molecular weight excluding hydrogens is 257 g/mol. The number of hydrogen-bond acceptors (Lipinski definition) is 2. The van der Waals surface area contributed by atoms with Crippen molar-refractivity contribution in [1.82, 2.24) is 4.90 Å². The Hall–Kier alpha value is -1.42. The normalized spacial score (nSPS) is 10.9. The van der Waals surface area contributed by atoms with Crippen LogP contribution < -0.4 is 0 Å². The molecule has 0 bridgehead atoms. The molecule has 0 saturated carbocycles. The first-order valence-corrected chi connectivity index (χ1v) is 7.31. The lowest BCUT2D eigenvalue weighted by Crippen LogP contribution is -2.26. The van der Waals surface area contributed by atoms with E-state index in [0.29, 0.717) is 18.5 Å². The van der Waals surface area contributed by atoms with Gasteiger partial charge in [-0.1, -0.05) is 31.5 Å². The van der Waals surface area contributed by atoms with E-state index >= 15 is 0 Å². The zero-order valence-electron chi connectivity index (χ0n) is 12.1. The van der Waals surface area contributed by atoms with E-state index in [-0.39, 0.29) is 12.2 Å². The van der Waals surface area contributed by atoms with Crippen LogP contribution in [0.4, 0.5) is 4.39 Å². The molecule has 0 aliphatic carbocycles. The zero-order chi connectivity index (χ0) is 14.8. The van der Waals surface area contributed by atoms with Crippen LogP contribution in [0.5, 0.6) is 0 Å². The van der Waals surface area contributed by atoms with Crippen molar-refractivity contribution in [3.63, 3.8) is 0 Å². The monoisotopic (exact) mass is 281 g/mol. The lowest BCUT2D eigenvalue weighted by atomic mass is 10.1. The van der Waals surface area contributed by atoms with Crippen molar-refractivity contribution in [2.75, 3.05) is 13.1 Å². The molecule has 0 amide bonds. The second-order valence-corrected chi connectivity index (χ2v) is 5.07. The largest absolute Gasteiger partial charge is 0.481 e. The molecule has 1 rings (SSSR count). The summed E-state index contributed by atoms with van der Waals surface area (Å²) in [6.07, 6.45) is 3.90. The summed E-state index contributed by atoms with van der Waals surface area (Å²) in [7, 11) is 0. The van der Waals surface area contributed by atoms with E-state index in [1.165, 1.54) is 6.07 Å². The van der Waals surface area contributed by atoms with Crippen molar-refractivity contribution in [2.24, 2.45) is 0 Å². The summed E-state index contributed by atoms with van der Waals surface area (Å²) in [4.78, 5) is 12.7. The molecule has 0 atom stereocenters. The number of nitrogens with zero attached hydrogens (tertiary/aromatic N) is 1. The maximum Gasteiger partial charge on any atom is 0.303 e. The summed E-state index contributed by atoms with van der Waals surface area (Å²) in [6, 6.07) is 6.84. The van der Waals surface area contributed by atoms with Gasteiger partial charge in [-0.15, -0.1) is 0 Å². The van der Waals surface area contributed by atoms with Gasteiger partial charge in [0, 0.05) is 18.5 Å². The van der Waals surface area contributed by atoms with Gasteiger partial charge in [0.05, 0.1) is 0 Å². The van der Waals surface area contributed by atoms with Gasteiger partial charge >= 0.3 is 5.97 Å². The summed E-state index contributed by atoms with van der Waals surface area (Å²) < 4.78 is 13.7. The van der Waals surface area contributed by atoms with Crippen LogP contribution in [-0.4, -0.2) is 29.1 Å². The third-order valence-corrected chi connectivity index (χ3v) is 3.29. The number of rotatable bonds is 10. The third kappa shape index (κ3) is 6.66. The second kappa shape index (κ2) is 9.48. The zero-order valence-corrected chi connectivity index (χ0v) is 12.1. The molecule has 1 aromatic carbocycles. The minimum atomic E-state index is -0.751. The van der Waals surface area contributed by atoms with E-state index in [1.54, 1.807) is 6.07 Å². The average Bonchev–Trinajstić information content (AvgIpc) is 2.42. The van der Waals surface area contributed by atoms with Gasteiger partial charge in [0.15, 0.2) is 0 Å². The summed E-state index contributed by atoms with van der Waals surface area (Å²) in [5.41, 5.74) is 0.710. The van der Waals surface area contributed by atoms with Gasteiger partial charge in [0.2, 0.25) is 0 Å². The van der Waals surface area contributed by atoms with E-state index in [2.05, 4.69) is 11.8 Å². The predicted octanol–water partition coefficient (Wildman–Crippen LogP) is 3.68. The summed E-state index contributed by atoms with van der Waals surface area (Å²) in [5.74, 6) is -0.918. The van der Waals surface area contributed by atoms with Crippen LogP contribution in [0, 0.1) is 5.82 Å². The topological polar surface area (TPSA) is 40.5 Å². The fraction of sp³-hybridized carbons (Fsp3) is 0.562. The Bertz CT molecular complexity index is 409. The van der Waals surface area contributed by atoms with Crippen molar-refractivity contribution in [3.05, 3.63) is 35.6 Å². The van der Waals surface area contributed by atoms with E-state index in [1.807, 2.05) is 12.1 Å². The molecule has 0 saturated heterocycles. The van der Waals surface area contributed by atoms with Gasteiger partial charge in [-0.3, -0.25) is 9.69 Å². The molecule has 1 aromatic rings. The average molecular weight is 281 g/mol. The number of benzene rings is 1. The lowest BCUT2D eigenvalue weighted by Gasteiger charge is -2.22. The van der Waals surface area contributed by atoms with Gasteiger partial charge in [0.25, 0.3) is 0 Å². The Morgan fingerprint density at radius 1 is 1.20 bits per heavy atom. The first-order valence-electron chi connectivity index (χ1n) is 7.31. The first kappa shape index (κ1) is 16.6. The van der Waals surface area contributed by atoms with Crippen molar-refractivity contribution >= 4 is 5.97 Å². The van der Waals surface area contributed by atoms with Crippen molar-refractivity contribution in [2.45, 2.75) is 45.6 Å². The number of aliphatic carboxylic acids is 1. The molecule has 4 heteroatoms. The number of unbranched alkanes of at least 4 members (excludes halogenated alkanes) is 2. The number of carbonyl (C=O) groups is 1. The Labute approximate surface area is 120 Å². The molecular formula is C16H24FNO2. The molecule has 0 radical (unpaired) electrons. The van der Waals surface area contributed by atoms with Gasteiger partial charge in [-0.05, 0) is 38.4 Å². The van der Waals surface area contributed by atoms with Crippen LogP contribution in [0.25, 0.3) is 0 Å². The highest BCUT2D eigenvalue weighted by Gasteiger charge is 2.09.